The van der Waals surface area contributed by atoms with E-state index in [0.29, 0.717) is 19.6 Å². The number of nitrogen functional groups attached to an aromatic ring is 1. The molecule has 18 heavy (non-hydrogen) atoms. The van der Waals surface area contributed by atoms with Gasteiger partial charge in [0.1, 0.15) is 5.82 Å². The van der Waals surface area contributed by atoms with Crippen molar-refractivity contribution in [2.75, 3.05) is 18.9 Å². The summed E-state index contributed by atoms with van der Waals surface area (Å²) in [6, 6.07) is 2.10. The van der Waals surface area contributed by atoms with Crippen molar-refractivity contribution in [1.82, 2.24) is 4.72 Å². The monoisotopic (exact) mass is 274 g/mol. The summed E-state index contributed by atoms with van der Waals surface area (Å²) in [4.78, 5) is -0.119. The quantitative estimate of drug-likeness (QED) is 0.798. The van der Waals surface area contributed by atoms with Gasteiger partial charge in [0.25, 0.3) is 0 Å². The number of ether oxygens (including phenoxy) is 1. The average Bonchev–Trinajstić information content (AvgIpc) is 2.75. The molecule has 0 radical (unpaired) electrons. The van der Waals surface area contributed by atoms with Crippen LogP contribution in [-0.4, -0.2) is 27.7 Å². The summed E-state index contributed by atoms with van der Waals surface area (Å²) in [5.74, 6) is -0.627. The fraction of sp³-hybridized carbons (Fsp3) is 0.455. The molecule has 1 unspecified atom stereocenters. The summed E-state index contributed by atoms with van der Waals surface area (Å²) in [5, 5.41) is 0. The highest BCUT2D eigenvalue weighted by Gasteiger charge is 2.25. The molecule has 3 N–H and O–H groups in total. The predicted molar refractivity (Wildman–Crippen MR) is 65.1 cm³/mol. The Bertz CT molecular complexity index is 554. The van der Waals surface area contributed by atoms with Crippen LogP contribution in [0.4, 0.5) is 10.1 Å². The van der Waals surface area contributed by atoms with Gasteiger partial charge in [0.2, 0.25) is 10.0 Å². The fourth-order valence-corrected chi connectivity index (χ4v) is 3.41. The summed E-state index contributed by atoms with van der Waals surface area (Å²) < 4.78 is 45.3. The summed E-state index contributed by atoms with van der Waals surface area (Å²) in [7, 11) is -3.77. The zero-order chi connectivity index (χ0) is 13.3. The minimum atomic E-state index is -3.77. The summed E-state index contributed by atoms with van der Waals surface area (Å²) in [6.07, 6.45) is 0.614. The van der Waals surface area contributed by atoms with Crippen LogP contribution < -0.4 is 10.5 Å². The normalized spacial score (nSPS) is 20.2. The van der Waals surface area contributed by atoms with E-state index in [-0.39, 0.29) is 22.2 Å². The first-order valence-electron chi connectivity index (χ1n) is 5.56. The summed E-state index contributed by atoms with van der Waals surface area (Å²) in [6.45, 7) is 2.27. The van der Waals surface area contributed by atoms with Crippen LogP contribution in [0.3, 0.4) is 0 Å². The molecule has 1 atom stereocenters. The molecule has 1 aliphatic heterocycles. The number of anilines is 1. The van der Waals surface area contributed by atoms with Gasteiger partial charge in [-0.3, -0.25) is 0 Å². The van der Waals surface area contributed by atoms with Gasteiger partial charge in [-0.15, -0.1) is 0 Å². The van der Waals surface area contributed by atoms with E-state index < -0.39 is 15.8 Å². The van der Waals surface area contributed by atoms with Gasteiger partial charge < -0.3 is 10.5 Å². The molecule has 0 spiro atoms. The third kappa shape index (κ3) is 2.63. The number of halogens is 1. The molecule has 0 bridgehead atoms. The molecule has 1 fully saturated rings. The van der Waals surface area contributed by atoms with Gasteiger partial charge in [-0.05, 0) is 25.5 Å². The van der Waals surface area contributed by atoms with Gasteiger partial charge in [-0.25, -0.2) is 17.5 Å². The highest BCUT2D eigenvalue weighted by Crippen LogP contribution is 2.22. The standard InChI is InChI=1S/C11H15FN2O3S/c1-7-10(12)4-8(13)5-11(7)18(15,16)14-9-2-3-17-6-9/h4-5,9,14H,2-3,6,13H2,1H3. The molecule has 5 nitrogen and oxygen atoms in total. The van der Waals surface area contributed by atoms with E-state index in [0.717, 1.165) is 6.07 Å². The first-order valence-corrected chi connectivity index (χ1v) is 7.04. The Hall–Kier alpha value is -1.18. The Morgan fingerprint density at radius 3 is 2.83 bits per heavy atom. The molecule has 0 aliphatic carbocycles. The highest BCUT2D eigenvalue weighted by molar-refractivity contribution is 7.89. The number of rotatable bonds is 3. The predicted octanol–water partition coefficient (Wildman–Crippen LogP) is 0.784. The molecule has 1 saturated heterocycles. The molecule has 100 valence electrons. The molecule has 0 amide bonds. The maximum atomic E-state index is 13.5. The van der Waals surface area contributed by atoms with Crippen LogP contribution in [0.15, 0.2) is 17.0 Å². The van der Waals surface area contributed by atoms with Gasteiger partial charge >= 0.3 is 0 Å². The Balaban J connectivity index is 2.34. The average molecular weight is 274 g/mol. The third-order valence-corrected chi connectivity index (χ3v) is 4.51. The second-order valence-electron chi connectivity index (χ2n) is 4.31. The van der Waals surface area contributed by atoms with Crippen molar-refractivity contribution in [3.63, 3.8) is 0 Å². The van der Waals surface area contributed by atoms with Crippen molar-refractivity contribution in [2.24, 2.45) is 0 Å². The van der Waals surface area contributed by atoms with Gasteiger partial charge in [-0.2, -0.15) is 0 Å². The largest absolute Gasteiger partial charge is 0.399 e. The summed E-state index contributed by atoms with van der Waals surface area (Å²) >= 11 is 0. The van der Waals surface area contributed by atoms with Crippen molar-refractivity contribution in [3.05, 3.63) is 23.5 Å². The lowest BCUT2D eigenvalue weighted by Gasteiger charge is -2.14. The fourth-order valence-electron chi connectivity index (χ4n) is 1.86. The van der Waals surface area contributed by atoms with E-state index in [4.69, 9.17) is 10.5 Å². The highest BCUT2D eigenvalue weighted by atomic mass is 32.2. The van der Waals surface area contributed by atoms with Crippen molar-refractivity contribution in [3.8, 4) is 0 Å². The van der Waals surface area contributed by atoms with Gasteiger partial charge in [0.05, 0.1) is 11.5 Å². The van der Waals surface area contributed by atoms with Crippen LogP contribution in [-0.2, 0) is 14.8 Å². The lowest BCUT2D eigenvalue weighted by molar-refractivity contribution is 0.192. The maximum absolute atomic E-state index is 13.5. The molecule has 0 aromatic heterocycles. The molecular weight excluding hydrogens is 259 g/mol. The van der Waals surface area contributed by atoms with Crippen LogP contribution in [0.2, 0.25) is 0 Å². The molecule has 1 aromatic carbocycles. The van der Waals surface area contributed by atoms with E-state index in [2.05, 4.69) is 4.72 Å². The lowest BCUT2D eigenvalue weighted by atomic mass is 10.2. The van der Waals surface area contributed by atoms with Crippen LogP contribution in [0.25, 0.3) is 0 Å². The van der Waals surface area contributed by atoms with E-state index in [1.54, 1.807) is 0 Å². The van der Waals surface area contributed by atoms with E-state index in [1.165, 1.54) is 13.0 Å². The number of benzene rings is 1. The van der Waals surface area contributed by atoms with Crippen LogP contribution in [0.5, 0.6) is 0 Å². The van der Waals surface area contributed by atoms with Gasteiger partial charge in [0.15, 0.2) is 0 Å². The second kappa shape index (κ2) is 4.83. The van der Waals surface area contributed by atoms with Crippen molar-refractivity contribution in [2.45, 2.75) is 24.3 Å². The Kier molecular flexibility index (Phi) is 3.56. The third-order valence-electron chi connectivity index (χ3n) is 2.86. The number of hydrogen-bond donors (Lipinski definition) is 2. The van der Waals surface area contributed by atoms with Gasteiger partial charge in [0, 0.05) is 23.9 Å². The molecule has 1 aromatic rings. The molecule has 7 heteroatoms. The molecule has 1 aliphatic rings. The lowest BCUT2D eigenvalue weighted by Crippen LogP contribution is -2.35. The van der Waals surface area contributed by atoms with Crippen molar-refractivity contribution < 1.29 is 17.5 Å². The Morgan fingerprint density at radius 2 is 2.22 bits per heavy atom. The number of sulfonamides is 1. The Labute approximate surface area is 105 Å². The van der Waals surface area contributed by atoms with E-state index >= 15 is 0 Å². The first-order chi connectivity index (χ1) is 8.40. The molecule has 1 heterocycles. The Morgan fingerprint density at radius 1 is 1.50 bits per heavy atom. The number of nitrogens with one attached hydrogen (secondary N) is 1. The SMILES string of the molecule is Cc1c(F)cc(N)cc1S(=O)(=O)NC1CCOC1. The van der Waals surface area contributed by atoms with Gasteiger partial charge in [-0.1, -0.05) is 0 Å². The van der Waals surface area contributed by atoms with E-state index in [1.807, 2.05) is 0 Å². The maximum Gasteiger partial charge on any atom is 0.241 e. The first kappa shape index (κ1) is 13.3. The molecule has 0 saturated carbocycles. The minimum Gasteiger partial charge on any atom is -0.399 e. The number of nitrogens with two attached hydrogens (primary N) is 1. The van der Waals surface area contributed by atoms with Crippen LogP contribution in [0.1, 0.15) is 12.0 Å². The number of hydrogen-bond acceptors (Lipinski definition) is 4. The van der Waals surface area contributed by atoms with Crippen molar-refractivity contribution in [1.29, 1.82) is 0 Å². The molecule has 2 rings (SSSR count). The van der Waals surface area contributed by atoms with Crippen molar-refractivity contribution >= 4 is 15.7 Å². The zero-order valence-electron chi connectivity index (χ0n) is 9.94. The second-order valence-corrected chi connectivity index (χ2v) is 5.99. The zero-order valence-corrected chi connectivity index (χ0v) is 10.8. The smallest absolute Gasteiger partial charge is 0.241 e. The minimum absolute atomic E-state index is 0.0654. The topological polar surface area (TPSA) is 81.4 Å². The molecular formula is C11H15FN2O3S. The van der Waals surface area contributed by atoms with E-state index in [9.17, 15) is 12.8 Å². The van der Waals surface area contributed by atoms with Crippen LogP contribution in [0, 0.1) is 12.7 Å². The van der Waals surface area contributed by atoms with Crippen LogP contribution >= 0.6 is 0 Å². The summed E-state index contributed by atoms with van der Waals surface area (Å²) in [5.41, 5.74) is 5.63.